The van der Waals surface area contributed by atoms with E-state index in [4.69, 9.17) is 9.72 Å². The first-order valence-electron chi connectivity index (χ1n) is 10.4. The first-order chi connectivity index (χ1) is 14.1. The summed E-state index contributed by atoms with van der Waals surface area (Å²) in [5.74, 6) is 2.56. The van der Waals surface area contributed by atoms with Gasteiger partial charge in [-0.3, -0.25) is 0 Å². The molecule has 29 heavy (non-hydrogen) atoms. The number of aliphatic hydroxyl groups excluding tert-OH is 1. The van der Waals surface area contributed by atoms with Crippen molar-refractivity contribution in [3.63, 3.8) is 0 Å². The normalized spacial score (nSPS) is 12.3. The van der Waals surface area contributed by atoms with E-state index in [9.17, 15) is 5.11 Å². The van der Waals surface area contributed by atoms with Crippen molar-refractivity contribution in [2.75, 3.05) is 18.6 Å². The SMILES string of the molecule is CCCCCCSCC(O)c1cc(-c2ccc(C)cc2)nc2ccc(OC)cc12. The van der Waals surface area contributed by atoms with Crippen molar-refractivity contribution in [2.24, 2.45) is 0 Å². The van der Waals surface area contributed by atoms with Crippen LogP contribution >= 0.6 is 11.8 Å². The number of aliphatic hydroxyl groups is 1. The second-order valence-electron chi connectivity index (χ2n) is 7.50. The lowest BCUT2D eigenvalue weighted by Gasteiger charge is -2.16. The van der Waals surface area contributed by atoms with Crippen molar-refractivity contribution in [1.29, 1.82) is 0 Å². The Morgan fingerprint density at radius 2 is 1.83 bits per heavy atom. The van der Waals surface area contributed by atoms with E-state index in [0.29, 0.717) is 5.75 Å². The summed E-state index contributed by atoms with van der Waals surface area (Å²) in [7, 11) is 1.66. The lowest BCUT2D eigenvalue weighted by molar-refractivity contribution is 0.205. The van der Waals surface area contributed by atoms with Crippen LogP contribution in [-0.4, -0.2) is 28.7 Å². The first kappa shape index (κ1) is 21.7. The van der Waals surface area contributed by atoms with E-state index < -0.39 is 6.10 Å². The average Bonchev–Trinajstić information content (AvgIpc) is 2.75. The van der Waals surface area contributed by atoms with Crippen LogP contribution < -0.4 is 4.74 Å². The first-order valence-corrected chi connectivity index (χ1v) is 11.6. The van der Waals surface area contributed by atoms with E-state index in [1.165, 1.54) is 31.2 Å². The van der Waals surface area contributed by atoms with Gasteiger partial charge in [0.25, 0.3) is 0 Å². The Bertz CT molecular complexity index is 924. The number of hydrogen-bond donors (Lipinski definition) is 1. The molecular weight excluding hydrogens is 378 g/mol. The highest BCUT2D eigenvalue weighted by Gasteiger charge is 2.16. The summed E-state index contributed by atoms with van der Waals surface area (Å²) in [5.41, 5.74) is 4.98. The van der Waals surface area contributed by atoms with E-state index in [0.717, 1.165) is 39.2 Å². The molecule has 0 saturated heterocycles. The van der Waals surface area contributed by atoms with Gasteiger partial charge in [0.05, 0.1) is 24.4 Å². The van der Waals surface area contributed by atoms with Gasteiger partial charge in [-0.2, -0.15) is 11.8 Å². The quantitative estimate of drug-likeness (QED) is 0.385. The average molecular weight is 410 g/mol. The maximum atomic E-state index is 11.0. The zero-order valence-electron chi connectivity index (χ0n) is 17.6. The third-order valence-corrected chi connectivity index (χ3v) is 6.30. The molecule has 3 rings (SSSR count). The molecule has 0 saturated carbocycles. The van der Waals surface area contributed by atoms with Gasteiger partial charge in [-0.1, -0.05) is 56.0 Å². The number of fused-ring (bicyclic) bond motifs is 1. The van der Waals surface area contributed by atoms with E-state index in [-0.39, 0.29) is 0 Å². The molecule has 0 aliphatic rings. The zero-order valence-corrected chi connectivity index (χ0v) is 18.5. The monoisotopic (exact) mass is 409 g/mol. The second kappa shape index (κ2) is 10.7. The Hall–Kier alpha value is -2.04. The van der Waals surface area contributed by atoms with Gasteiger partial charge in [-0.25, -0.2) is 4.98 Å². The number of pyridine rings is 1. The minimum absolute atomic E-state index is 0.534. The van der Waals surface area contributed by atoms with Crippen LogP contribution in [0.4, 0.5) is 0 Å². The molecule has 0 aliphatic heterocycles. The Balaban J connectivity index is 1.88. The third-order valence-electron chi connectivity index (χ3n) is 5.17. The van der Waals surface area contributed by atoms with E-state index in [1.807, 2.05) is 36.0 Å². The molecular formula is C25H31NO2S. The smallest absolute Gasteiger partial charge is 0.119 e. The molecule has 4 heteroatoms. The van der Waals surface area contributed by atoms with Crippen molar-refractivity contribution < 1.29 is 9.84 Å². The van der Waals surface area contributed by atoms with Gasteiger partial charge in [0.2, 0.25) is 0 Å². The minimum Gasteiger partial charge on any atom is -0.497 e. The van der Waals surface area contributed by atoms with Crippen LogP contribution in [0.2, 0.25) is 0 Å². The number of benzene rings is 2. The maximum absolute atomic E-state index is 11.0. The molecule has 154 valence electrons. The van der Waals surface area contributed by atoms with Crippen molar-refractivity contribution in [1.82, 2.24) is 4.98 Å². The number of ether oxygens (including phenoxy) is 1. The van der Waals surface area contributed by atoms with Crippen LogP contribution in [0.1, 0.15) is 49.8 Å². The van der Waals surface area contributed by atoms with Crippen molar-refractivity contribution in [3.05, 3.63) is 59.7 Å². The third kappa shape index (κ3) is 5.74. The molecule has 1 aromatic heterocycles. The van der Waals surface area contributed by atoms with Gasteiger partial charge >= 0.3 is 0 Å². The summed E-state index contributed by atoms with van der Waals surface area (Å²) in [6.07, 6.45) is 4.49. The van der Waals surface area contributed by atoms with Gasteiger partial charge in [-0.05, 0) is 48.9 Å². The van der Waals surface area contributed by atoms with Gasteiger partial charge in [0, 0.05) is 16.7 Å². The molecule has 0 fully saturated rings. The fourth-order valence-electron chi connectivity index (χ4n) is 3.42. The standard InChI is InChI=1S/C25H31NO2S/c1-4-5-6-7-14-29-17-25(27)22-16-24(19-10-8-18(2)9-11-19)26-23-13-12-20(28-3)15-21(22)23/h8-13,15-16,25,27H,4-7,14,17H2,1-3H3. The Morgan fingerprint density at radius 1 is 1.03 bits per heavy atom. The summed E-state index contributed by atoms with van der Waals surface area (Å²) in [4.78, 5) is 4.85. The summed E-state index contributed by atoms with van der Waals surface area (Å²) in [6.45, 7) is 4.31. The predicted octanol–water partition coefficient (Wildman–Crippen LogP) is 6.57. The second-order valence-corrected chi connectivity index (χ2v) is 8.65. The van der Waals surface area contributed by atoms with Crippen molar-refractivity contribution >= 4 is 22.7 Å². The number of thioether (sulfide) groups is 1. The largest absolute Gasteiger partial charge is 0.497 e. The molecule has 0 radical (unpaired) electrons. The van der Waals surface area contributed by atoms with Crippen LogP contribution in [0.15, 0.2) is 48.5 Å². The number of nitrogens with zero attached hydrogens (tertiary/aromatic N) is 1. The fourth-order valence-corrected chi connectivity index (χ4v) is 4.40. The topological polar surface area (TPSA) is 42.4 Å². The van der Waals surface area contributed by atoms with Gasteiger partial charge < -0.3 is 9.84 Å². The lowest BCUT2D eigenvalue weighted by Crippen LogP contribution is -2.04. The van der Waals surface area contributed by atoms with Gasteiger partial charge in [0.1, 0.15) is 5.75 Å². The Morgan fingerprint density at radius 3 is 2.55 bits per heavy atom. The van der Waals surface area contributed by atoms with E-state index in [1.54, 1.807) is 7.11 Å². The number of methoxy groups -OCH3 is 1. The van der Waals surface area contributed by atoms with Crippen LogP contribution in [-0.2, 0) is 0 Å². The van der Waals surface area contributed by atoms with E-state index in [2.05, 4.69) is 38.1 Å². The van der Waals surface area contributed by atoms with Crippen molar-refractivity contribution in [3.8, 4) is 17.0 Å². The van der Waals surface area contributed by atoms with Gasteiger partial charge in [0.15, 0.2) is 0 Å². The Kier molecular flexibility index (Phi) is 7.96. The van der Waals surface area contributed by atoms with Crippen molar-refractivity contribution in [2.45, 2.75) is 45.6 Å². The fraction of sp³-hybridized carbons (Fsp3) is 0.400. The predicted molar refractivity (Wildman–Crippen MR) is 125 cm³/mol. The van der Waals surface area contributed by atoms with Crippen LogP contribution in [0.5, 0.6) is 5.75 Å². The maximum Gasteiger partial charge on any atom is 0.119 e. The number of rotatable bonds is 10. The number of hydrogen-bond acceptors (Lipinski definition) is 4. The molecule has 0 amide bonds. The van der Waals surface area contributed by atoms with Crippen LogP contribution in [0.3, 0.4) is 0 Å². The Labute approximate surface area is 178 Å². The molecule has 3 aromatic rings. The summed E-state index contributed by atoms with van der Waals surface area (Å²) in [5, 5.41) is 12.0. The molecule has 1 heterocycles. The highest BCUT2D eigenvalue weighted by Crippen LogP contribution is 2.32. The molecule has 1 N–H and O–H groups in total. The number of unbranched alkanes of at least 4 members (excludes halogenated alkanes) is 3. The molecule has 2 aromatic carbocycles. The molecule has 3 nitrogen and oxygen atoms in total. The molecule has 0 spiro atoms. The van der Waals surface area contributed by atoms with Crippen LogP contribution in [0.25, 0.3) is 22.2 Å². The van der Waals surface area contributed by atoms with Crippen LogP contribution in [0, 0.1) is 6.92 Å². The van der Waals surface area contributed by atoms with Gasteiger partial charge in [-0.15, -0.1) is 0 Å². The molecule has 1 unspecified atom stereocenters. The lowest BCUT2D eigenvalue weighted by atomic mass is 10.0. The number of aryl methyl sites for hydroxylation is 1. The highest BCUT2D eigenvalue weighted by molar-refractivity contribution is 7.99. The number of aromatic nitrogens is 1. The summed E-state index contributed by atoms with van der Waals surface area (Å²) in [6, 6.07) is 16.3. The van der Waals surface area contributed by atoms with E-state index >= 15 is 0 Å². The molecule has 1 atom stereocenters. The minimum atomic E-state index is -0.534. The molecule has 0 bridgehead atoms. The summed E-state index contributed by atoms with van der Waals surface area (Å²) >= 11 is 1.83. The summed E-state index contributed by atoms with van der Waals surface area (Å²) < 4.78 is 5.41. The molecule has 0 aliphatic carbocycles. The highest BCUT2D eigenvalue weighted by atomic mass is 32.2. The zero-order chi connectivity index (χ0) is 20.6.